The predicted octanol–water partition coefficient (Wildman–Crippen LogP) is 3.17. The number of nitrogens with one attached hydrogen (secondary N) is 1. The zero-order valence-electron chi connectivity index (χ0n) is 14.0. The van der Waals surface area contributed by atoms with Gasteiger partial charge in [-0.15, -0.1) is 0 Å². The highest BCUT2D eigenvalue weighted by molar-refractivity contribution is 5.89. The van der Waals surface area contributed by atoms with E-state index in [0.29, 0.717) is 19.1 Å². The van der Waals surface area contributed by atoms with E-state index in [9.17, 15) is 4.79 Å². The number of anilines is 2. The summed E-state index contributed by atoms with van der Waals surface area (Å²) < 4.78 is 5.67. The first kappa shape index (κ1) is 16.6. The number of hydrogen-bond donors (Lipinski definition) is 1. The van der Waals surface area contributed by atoms with Crippen molar-refractivity contribution in [2.75, 3.05) is 36.5 Å². The molecule has 1 heterocycles. The van der Waals surface area contributed by atoms with Crippen LogP contribution in [0.2, 0.25) is 0 Å². The molecule has 1 fully saturated rings. The molecule has 22 heavy (non-hydrogen) atoms. The van der Waals surface area contributed by atoms with Gasteiger partial charge in [0.1, 0.15) is 0 Å². The first-order valence-corrected chi connectivity index (χ1v) is 8.09. The van der Waals surface area contributed by atoms with Gasteiger partial charge in [-0.05, 0) is 52.0 Å². The molecular formula is C17H27N3O2. The fraction of sp³-hybridized carbons (Fsp3) is 0.588. The molecule has 5 nitrogen and oxygen atoms in total. The van der Waals surface area contributed by atoms with E-state index in [0.717, 1.165) is 18.8 Å². The van der Waals surface area contributed by atoms with E-state index in [-0.39, 0.29) is 12.1 Å². The van der Waals surface area contributed by atoms with Crippen LogP contribution in [0.5, 0.6) is 0 Å². The second-order valence-corrected chi connectivity index (χ2v) is 5.79. The summed E-state index contributed by atoms with van der Waals surface area (Å²) in [6.07, 6.45) is 0.248. The Bertz CT molecular complexity index is 485. The Morgan fingerprint density at radius 3 is 2.50 bits per heavy atom. The van der Waals surface area contributed by atoms with Gasteiger partial charge >= 0.3 is 6.03 Å². The van der Waals surface area contributed by atoms with Crippen LogP contribution in [-0.4, -0.2) is 49.3 Å². The highest BCUT2D eigenvalue weighted by atomic mass is 16.5. The third kappa shape index (κ3) is 3.91. The van der Waals surface area contributed by atoms with Crippen LogP contribution in [0, 0.1) is 0 Å². The number of amides is 2. The van der Waals surface area contributed by atoms with Crippen LogP contribution in [0.25, 0.3) is 0 Å². The highest BCUT2D eigenvalue weighted by Crippen LogP contribution is 2.23. The standard InChI is InChI=1S/C17H27N3O2/c1-5-19(6-2)17(21)18-15-7-9-16(10-8-15)20-11-14(4)22-12-13(20)3/h7-10,13-14H,5-6,11-12H2,1-4H3,(H,18,21). The summed E-state index contributed by atoms with van der Waals surface area (Å²) in [6.45, 7) is 11.3. The maximum absolute atomic E-state index is 12.0. The monoisotopic (exact) mass is 305 g/mol. The SMILES string of the molecule is CCN(CC)C(=O)Nc1ccc(N2CC(C)OCC2C)cc1. The van der Waals surface area contributed by atoms with E-state index >= 15 is 0 Å². The second-order valence-electron chi connectivity index (χ2n) is 5.79. The molecule has 1 saturated heterocycles. The summed E-state index contributed by atoms with van der Waals surface area (Å²) in [7, 11) is 0. The summed E-state index contributed by atoms with van der Waals surface area (Å²) >= 11 is 0. The smallest absolute Gasteiger partial charge is 0.321 e. The van der Waals surface area contributed by atoms with Gasteiger partial charge < -0.3 is 19.9 Å². The molecule has 2 rings (SSSR count). The number of nitrogens with zero attached hydrogens (tertiary/aromatic N) is 2. The van der Waals surface area contributed by atoms with Crippen molar-refractivity contribution in [1.82, 2.24) is 4.90 Å². The minimum Gasteiger partial charge on any atom is -0.375 e. The average molecular weight is 305 g/mol. The third-order valence-electron chi connectivity index (χ3n) is 4.11. The van der Waals surface area contributed by atoms with Gasteiger partial charge in [0.25, 0.3) is 0 Å². The number of carbonyl (C=O) groups is 1. The quantitative estimate of drug-likeness (QED) is 0.929. The lowest BCUT2D eigenvalue weighted by Crippen LogP contribution is -2.47. The van der Waals surface area contributed by atoms with Crippen molar-refractivity contribution in [3.8, 4) is 0 Å². The van der Waals surface area contributed by atoms with Crippen molar-refractivity contribution in [1.29, 1.82) is 0 Å². The van der Waals surface area contributed by atoms with E-state index in [2.05, 4.69) is 36.2 Å². The van der Waals surface area contributed by atoms with E-state index in [1.807, 2.05) is 26.0 Å². The zero-order chi connectivity index (χ0) is 16.1. The lowest BCUT2D eigenvalue weighted by atomic mass is 10.1. The number of rotatable bonds is 4. The van der Waals surface area contributed by atoms with Gasteiger partial charge in [0.2, 0.25) is 0 Å². The Hall–Kier alpha value is -1.75. The van der Waals surface area contributed by atoms with Crippen LogP contribution < -0.4 is 10.2 Å². The van der Waals surface area contributed by atoms with E-state index in [1.165, 1.54) is 5.69 Å². The molecule has 5 heteroatoms. The molecule has 0 aliphatic carbocycles. The first-order chi connectivity index (χ1) is 10.5. The van der Waals surface area contributed by atoms with E-state index < -0.39 is 0 Å². The maximum Gasteiger partial charge on any atom is 0.321 e. The molecule has 0 radical (unpaired) electrons. The maximum atomic E-state index is 12.0. The van der Waals surface area contributed by atoms with Crippen molar-refractivity contribution in [3.63, 3.8) is 0 Å². The Morgan fingerprint density at radius 1 is 1.27 bits per heavy atom. The fourth-order valence-electron chi connectivity index (χ4n) is 2.71. The number of morpholine rings is 1. The second kappa shape index (κ2) is 7.49. The normalized spacial score (nSPS) is 21.5. The summed E-state index contributed by atoms with van der Waals surface area (Å²) in [4.78, 5) is 16.2. The molecular weight excluding hydrogens is 278 g/mol. The van der Waals surface area contributed by atoms with Gasteiger partial charge in [-0.1, -0.05) is 0 Å². The summed E-state index contributed by atoms with van der Waals surface area (Å²) in [5.74, 6) is 0. The number of hydrogen-bond acceptors (Lipinski definition) is 3. The number of urea groups is 1. The van der Waals surface area contributed by atoms with Gasteiger partial charge in [0.15, 0.2) is 0 Å². The molecule has 0 bridgehead atoms. The van der Waals surface area contributed by atoms with Crippen LogP contribution in [0.3, 0.4) is 0 Å². The topological polar surface area (TPSA) is 44.8 Å². The van der Waals surface area contributed by atoms with Crippen LogP contribution in [0.15, 0.2) is 24.3 Å². The minimum absolute atomic E-state index is 0.0499. The predicted molar refractivity (Wildman–Crippen MR) is 90.6 cm³/mol. The molecule has 2 atom stereocenters. The van der Waals surface area contributed by atoms with E-state index in [1.54, 1.807) is 4.90 Å². The molecule has 0 aromatic heterocycles. The minimum atomic E-state index is -0.0499. The van der Waals surface area contributed by atoms with Crippen molar-refractivity contribution >= 4 is 17.4 Å². The Kier molecular flexibility index (Phi) is 5.66. The van der Waals surface area contributed by atoms with E-state index in [4.69, 9.17) is 4.74 Å². The molecule has 0 saturated carbocycles. The lowest BCUT2D eigenvalue weighted by molar-refractivity contribution is 0.0344. The van der Waals surface area contributed by atoms with Crippen molar-refractivity contribution < 1.29 is 9.53 Å². The van der Waals surface area contributed by atoms with Gasteiger partial charge in [-0.3, -0.25) is 0 Å². The van der Waals surface area contributed by atoms with Crippen LogP contribution in [-0.2, 0) is 4.74 Å². The number of benzene rings is 1. The third-order valence-corrected chi connectivity index (χ3v) is 4.11. The van der Waals surface area contributed by atoms with Crippen molar-refractivity contribution in [2.45, 2.75) is 39.8 Å². The van der Waals surface area contributed by atoms with Crippen molar-refractivity contribution in [3.05, 3.63) is 24.3 Å². The first-order valence-electron chi connectivity index (χ1n) is 8.09. The summed E-state index contributed by atoms with van der Waals surface area (Å²) in [5.41, 5.74) is 2.00. The number of ether oxygens (including phenoxy) is 1. The zero-order valence-corrected chi connectivity index (χ0v) is 14.0. The van der Waals surface area contributed by atoms with Gasteiger partial charge in [-0.2, -0.15) is 0 Å². The van der Waals surface area contributed by atoms with Crippen LogP contribution in [0.4, 0.5) is 16.2 Å². The fourth-order valence-corrected chi connectivity index (χ4v) is 2.71. The number of carbonyl (C=O) groups excluding carboxylic acids is 1. The molecule has 1 aromatic carbocycles. The molecule has 0 spiro atoms. The van der Waals surface area contributed by atoms with Crippen LogP contribution >= 0.6 is 0 Å². The Labute approximate surface area is 133 Å². The van der Waals surface area contributed by atoms with Gasteiger partial charge in [-0.25, -0.2) is 4.79 Å². The van der Waals surface area contributed by atoms with Crippen molar-refractivity contribution in [2.24, 2.45) is 0 Å². The molecule has 122 valence electrons. The average Bonchev–Trinajstić information content (AvgIpc) is 2.52. The largest absolute Gasteiger partial charge is 0.375 e. The lowest BCUT2D eigenvalue weighted by Gasteiger charge is -2.38. The highest BCUT2D eigenvalue weighted by Gasteiger charge is 2.23. The Morgan fingerprint density at radius 2 is 1.91 bits per heavy atom. The molecule has 1 N–H and O–H groups in total. The molecule has 2 unspecified atom stereocenters. The summed E-state index contributed by atoms with van der Waals surface area (Å²) in [6, 6.07) is 8.37. The van der Waals surface area contributed by atoms with Crippen LogP contribution in [0.1, 0.15) is 27.7 Å². The molecule has 1 aliphatic rings. The van der Waals surface area contributed by atoms with Gasteiger partial charge in [0, 0.05) is 37.1 Å². The summed E-state index contributed by atoms with van der Waals surface area (Å²) in [5, 5.41) is 2.94. The molecule has 1 aliphatic heterocycles. The molecule has 2 amide bonds. The molecule has 1 aromatic rings. The van der Waals surface area contributed by atoms with Gasteiger partial charge in [0.05, 0.1) is 12.7 Å². The Balaban J connectivity index is 2.02.